The van der Waals surface area contributed by atoms with Crippen molar-refractivity contribution in [1.82, 2.24) is 0 Å². The van der Waals surface area contributed by atoms with Gasteiger partial charge in [-0.05, 0) is 24.6 Å². The molecule has 0 radical (unpaired) electrons. The number of alkyl halides is 4. The highest BCUT2D eigenvalue weighted by atomic mass is 35.5. The maximum absolute atomic E-state index is 13.1. The topological polar surface area (TPSA) is 46.5 Å². The van der Waals surface area contributed by atoms with Crippen LogP contribution in [0.2, 0.25) is 5.02 Å². The predicted molar refractivity (Wildman–Crippen MR) is 84.4 cm³/mol. The van der Waals surface area contributed by atoms with Crippen molar-refractivity contribution in [2.45, 2.75) is 25.1 Å². The highest BCUT2D eigenvalue weighted by Gasteiger charge is 2.49. The van der Waals surface area contributed by atoms with Gasteiger partial charge in [-0.25, -0.2) is 4.79 Å². The predicted octanol–water partition coefficient (Wildman–Crippen LogP) is 4.50. The second-order valence-corrected chi connectivity index (χ2v) is 5.66. The van der Waals surface area contributed by atoms with Gasteiger partial charge >= 0.3 is 12.1 Å². The molecule has 0 aliphatic carbocycles. The first-order valence-corrected chi connectivity index (χ1v) is 7.72. The Bertz CT molecular complexity index is 745. The smallest absolute Gasteiger partial charge is 0.430 e. The molecule has 0 aromatic heterocycles. The summed E-state index contributed by atoms with van der Waals surface area (Å²) in [5, 5.41) is 9.11. The van der Waals surface area contributed by atoms with Crippen molar-refractivity contribution in [3.8, 4) is 17.6 Å². The molecular formula is C16H11Cl2F3O3. The summed E-state index contributed by atoms with van der Waals surface area (Å²) in [6, 6.07) is 2.86. The maximum Gasteiger partial charge on any atom is 0.430 e. The Kier molecular flexibility index (Phi) is 5.68. The van der Waals surface area contributed by atoms with E-state index in [0.717, 1.165) is 6.08 Å². The van der Waals surface area contributed by atoms with Gasteiger partial charge in [-0.15, -0.1) is 11.6 Å². The van der Waals surface area contributed by atoms with Crippen molar-refractivity contribution >= 4 is 35.2 Å². The molecule has 2 rings (SSSR count). The third-order valence-electron chi connectivity index (χ3n) is 3.16. The molecule has 1 aromatic rings. The molecule has 0 saturated carbocycles. The molecule has 8 heteroatoms. The first-order valence-electron chi connectivity index (χ1n) is 6.81. The Morgan fingerprint density at radius 1 is 1.38 bits per heavy atom. The van der Waals surface area contributed by atoms with Gasteiger partial charge in [0.15, 0.2) is 0 Å². The number of ether oxygens (including phenoxy) is 1. The van der Waals surface area contributed by atoms with E-state index in [9.17, 15) is 18.0 Å². The fraction of sp³-hybridized carbons (Fsp3) is 0.312. The van der Waals surface area contributed by atoms with Gasteiger partial charge in [-0.2, -0.15) is 13.2 Å². The number of rotatable bonds is 3. The van der Waals surface area contributed by atoms with Crippen molar-refractivity contribution in [2.24, 2.45) is 0 Å². The van der Waals surface area contributed by atoms with Crippen LogP contribution in [-0.2, 0) is 4.79 Å². The van der Waals surface area contributed by atoms with E-state index in [1.165, 1.54) is 12.1 Å². The van der Waals surface area contributed by atoms with Crippen LogP contribution in [0.5, 0.6) is 5.75 Å². The normalized spacial score (nSPS) is 16.4. The van der Waals surface area contributed by atoms with E-state index in [2.05, 4.69) is 11.8 Å². The molecule has 1 N–H and O–H groups in total. The zero-order chi connectivity index (χ0) is 17.9. The van der Waals surface area contributed by atoms with Gasteiger partial charge in [0.1, 0.15) is 5.75 Å². The lowest BCUT2D eigenvalue weighted by atomic mass is 9.98. The third-order valence-corrected chi connectivity index (χ3v) is 3.76. The number of halogens is 5. The van der Waals surface area contributed by atoms with Crippen LogP contribution in [0.15, 0.2) is 17.7 Å². The van der Waals surface area contributed by atoms with Gasteiger partial charge < -0.3 is 9.84 Å². The molecule has 1 aliphatic heterocycles. The molecule has 1 unspecified atom stereocenters. The van der Waals surface area contributed by atoms with Gasteiger partial charge in [-0.1, -0.05) is 23.4 Å². The maximum atomic E-state index is 13.1. The summed E-state index contributed by atoms with van der Waals surface area (Å²) in [7, 11) is 0. The minimum Gasteiger partial charge on any atom is -0.478 e. The number of carboxylic acid groups (broad SMARTS) is 1. The number of carboxylic acids is 1. The first kappa shape index (κ1) is 18.5. The van der Waals surface area contributed by atoms with Crippen LogP contribution in [0.4, 0.5) is 13.2 Å². The van der Waals surface area contributed by atoms with Crippen molar-refractivity contribution in [2.75, 3.05) is 5.88 Å². The third kappa shape index (κ3) is 3.97. The van der Waals surface area contributed by atoms with Gasteiger partial charge in [0.05, 0.1) is 16.2 Å². The standard InChI is InChI=1S/C16H11Cl2F3O3/c17-7-3-1-2-4-9-5-6-12(18)10-8-11(15(22)23)14(16(19,20)21)24-13(9)10/h5-6,8,14H,1,3,7H2,(H,22,23). The Labute approximate surface area is 146 Å². The molecule has 0 fully saturated rings. The second kappa shape index (κ2) is 7.37. The first-order chi connectivity index (χ1) is 11.3. The number of hydrogen-bond donors (Lipinski definition) is 1. The summed E-state index contributed by atoms with van der Waals surface area (Å²) < 4.78 is 44.3. The molecule has 0 bridgehead atoms. The summed E-state index contributed by atoms with van der Waals surface area (Å²) in [6.07, 6.45) is -5.47. The lowest BCUT2D eigenvalue weighted by Crippen LogP contribution is -2.40. The quantitative estimate of drug-likeness (QED) is 0.478. The largest absolute Gasteiger partial charge is 0.478 e. The monoisotopic (exact) mass is 378 g/mol. The Morgan fingerprint density at radius 3 is 2.67 bits per heavy atom. The van der Waals surface area contributed by atoms with E-state index >= 15 is 0 Å². The summed E-state index contributed by atoms with van der Waals surface area (Å²) >= 11 is 11.5. The zero-order valence-corrected chi connectivity index (χ0v) is 13.6. The Balaban J connectivity index is 2.53. The average Bonchev–Trinajstić information content (AvgIpc) is 2.51. The fourth-order valence-corrected chi connectivity index (χ4v) is 2.41. The van der Waals surface area contributed by atoms with Crippen molar-refractivity contribution in [3.63, 3.8) is 0 Å². The summed E-state index contributed by atoms with van der Waals surface area (Å²) in [6.45, 7) is 0. The van der Waals surface area contributed by atoms with Gasteiger partial charge in [0, 0.05) is 17.9 Å². The fourth-order valence-electron chi connectivity index (χ4n) is 2.08. The molecule has 128 valence electrons. The van der Waals surface area contributed by atoms with Crippen molar-refractivity contribution < 1.29 is 27.8 Å². The molecule has 1 heterocycles. The number of unbranched alkanes of at least 4 members (excludes halogenated alkanes) is 1. The minimum absolute atomic E-state index is 0.0683. The zero-order valence-electron chi connectivity index (χ0n) is 12.1. The highest BCUT2D eigenvalue weighted by molar-refractivity contribution is 6.32. The van der Waals surface area contributed by atoms with E-state index in [-0.39, 0.29) is 21.9 Å². The molecule has 1 aliphatic rings. The lowest BCUT2D eigenvalue weighted by Gasteiger charge is -2.28. The van der Waals surface area contributed by atoms with Crippen LogP contribution in [0.1, 0.15) is 24.0 Å². The minimum atomic E-state index is -4.88. The lowest BCUT2D eigenvalue weighted by molar-refractivity contribution is -0.187. The van der Waals surface area contributed by atoms with Crippen molar-refractivity contribution in [1.29, 1.82) is 0 Å². The van der Waals surface area contributed by atoms with E-state index < -0.39 is 23.8 Å². The van der Waals surface area contributed by atoms with Crippen LogP contribution in [0.25, 0.3) is 6.08 Å². The number of hydrogen-bond acceptors (Lipinski definition) is 2. The second-order valence-electron chi connectivity index (χ2n) is 4.88. The molecule has 0 spiro atoms. The molecular weight excluding hydrogens is 368 g/mol. The van der Waals surface area contributed by atoms with E-state index in [1.807, 2.05) is 0 Å². The molecule has 0 saturated heterocycles. The number of fused-ring (bicyclic) bond motifs is 1. The van der Waals surface area contributed by atoms with Gasteiger partial charge in [-0.3, -0.25) is 0 Å². The molecule has 0 amide bonds. The molecule has 1 aromatic carbocycles. The SMILES string of the molecule is O=C(O)C1=Cc2c(Cl)ccc(C#CCCCCl)c2OC1C(F)(F)F. The van der Waals surface area contributed by atoms with Crippen molar-refractivity contribution in [3.05, 3.63) is 33.9 Å². The van der Waals surface area contributed by atoms with Crippen LogP contribution >= 0.6 is 23.2 Å². The van der Waals surface area contributed by atoms with Crippen LogP contribution in [0.3, 0.4) is 0 Å². The molecule has 1 atom stereocenters. The highest BCUT2D eigenvalue weighted by Crippen LogP contribution is 2.41. The Morgan fingerprint density at radius 2 is 2.08 bits per heavy atom. The Hall–Kier alpha value is -1.84. The summed E-state index contributed by atoms with van der Waals surface area (Å²) in [5.74, 6) is 4.02. The number of benzene rings is 1. The summed E-state index contributed by atoms with van der Waals surface area (Å²) in [5.41, 5.74) is -0.651. The van der Waals surface area contributed by atoms with Gasteiger partial charge in [0.2, 0.25) is 6.10 Å². The van der Waals surface area contributed by atoms with E-state index in [4.69, 9.17) is 33.0 Å². The van der Waals surface area contributed by atoms with Crippen LogP contribution in [0, 0.1) is 11.8 Å². The van der Waals surface area contributed by atoms with Gasteiger partial charge in [0.25, 0.3) is 0 Å². The average molecular weight is 379 g/mol. The van der Waals surface area contributed by atoms with Crippen LogP contribution < -0.4 is 4.74 Å². The number of carbonyl (C=O) groups is 1. The molecule has 3 nitrogen and oxygen atoms in total. The summed E-state index contributed by atoms with van der Waals surface area (Å²) in [4.78, 5) is 11.1. The van der Waals surface area contributed by atoms with E-state index in [1.54, 1.807) is 0 Å². The number of aliphatic carboxylic acids is 1. The van der Waals surface area contributed by atoms with E-state index in [0.29, 0.717) is 18.7 Å². The van der Waals surface area contributed by atoms with Crippen LogP contribution in [-0.4, -0.2) is 29.2 Å². The molecule has 24 heavy (non-hydrogen) atoms.